The van der Waals surface area contributed by atoms with Gasteiger partial charge in [-0.25, -0.2) is 27.3 Å². The van der Waals surface area contributed by atoms with Gasteiger partial charge in [-0.2, -0.15) is 0 Å². The van der Waals surface area contributed by atoms with Crippen LogP contribution >= 0.6 is 24.0 Å². The third-order valence-electron chi connectivity index (χ3n) is 5.71. The number of amidine groups is 1. The number of allylic oxidation sites excluding steroid dienone is 1. The Bertz CT molecular complexity index is 1190. The maximum atomic E-state index is 14.6. The fourth-order valence-corrected chi connectivity index (χ4v) is 4.37. The predicted molar refractivity (Wildman–Crippen MR) is 124 cm³/mol. The van der Waals surface area contributed by atoms with Crippen LogP contribution in [0.3, 0.4) is 0 Å². The third kappa shape index (κ3) is 5.44. The minimum absolute atomic E-state index is 0. The molecule has 0 saturated carbocycles. The molecule has 2 aliphatic heterocycles. The van der Waals surface area contributed by atoms with E-state index in [0.29, 0.717) is 37.7 Å². The molecular weight excluding hydrogens is 511 g/mol. The molecule has 1 unspecified atom stereocenters. The average molecular weight is 533 g/mol. The van der Waals surface area contributed by atoms with E-state index < -0.39 is 40.3 Å². The number of hydrogen-bond acceptors (Lipinski definition) is 6. The number of aromatic nitrogens is 1. The molecule has 188 valence electrons. The molecule has 4 rings (SSSR count). The van der Waals surface area contributed by atoms with Crippen LogP contribution in [0.2, 0.25) is 5.02 Å². The van der Waals surface area contributed by atoms with Gasteiger partial charge in [0.1, 0.15) is 17.6 Å². The summed E-state index contributed by atoms with van der Waals surface area (Å²) in [6, 6.07) is 1.50. The summed E-state index contributed by atoms with van der Waals surface area (Å²) in [7, 11) is 0. The fourth-order valence-electron chi connectivity index (χ4n) is 4.12. The lowest BCUT2D eigenvalue weighted by atomic mass is 9.86. The summed E-state index contributed by atoms with van der Waals surface area (Å²) in [6.07, 6.45) is 2.10. The van der Waals surface area contributed by atoms with Crippen molar-refractivity contribution in [3.05, 3.63) is 75.2 Å². The number of benzene rings is 1. The van der Waals surface area contributed by atoms with Crippen molar-refractivity contribution >= 4 is 35.8 Å². The number of aliphatic imine (C=N–C) groups is 1. The van der Waals surface area contributed by atoms with Crippen LogP contribution in [0, 0.1) is 29.2 Å². The highest BCUT2D eigenvalue weighted by Gasteiger charge is 2.38. The Morgan fingerprint density at radius 3 is 2.54 bits per heavy atom. The highest BCUT2D eigenvalue weighted by molar-refractivity contribution is 6.31. The fraction of sp³-hybridized carbons (Fsp3) is 0.348. The zero-order valence-electron chi connectivity index (χ0n) is 18.5. The molecule has 1 fully saturated rings. The van der Waals surface area contributed by atoms with E-state index in [0.717, 1.165) is 12.3 Å². The minimum atomic E-state index is -1.30. The molecule has 2 aromatic rings. The maximum absolute atomic E-state index is 14.6. The van der Waals surface area contributed by atoms with Crippen molar-refractivity contribution in [2.24, 2.45) is 10.9 Å². The van der Waals surface area contributed by atoms with Crippen LogP contribution < -0.4 is 10.6 Å². The summed E-state index contributed by atoms with van der Waals surface area (Å²) in [4.78, 5) is 21.3. The number of pyridine rings is 1. The molecule has 35 heavy (non-hydrogen) atoms. The van der Waals surface area contributed by atoms with E-state index in [4.69, 9.17) is 16.3 Å². The molecule has 3 heterocycles. The second-order valence-corrected chi connectivity index (χ2v) is 8.20. The van der Waals surface area contributed by atoms with Crippen LogP contribution in [0.25, 0.3) is 0 Å². The Hall–Kier alpha value is -2.69. The van der Waals surface area contributed by atoms with E-state index in [-0.39, 0.29) is 47.6 Å². The van der Waals surface area contributed by atoms with Gasteiger partial charge in [-0.3, -0.25) is 4.99 Å². The summed E-state index contributed by atoms with van der Waals surface area (Å²) in [5, 5.41) is 5.66. The quantitative estimate of drug-likeness (QED) is 0.334. The zero-order valence-corrected chi connectivity index (χ0v) is 20.1. The Morgan fingerprint density at radius 1 is 1.17 bits per heavy atom. The van der Waals surface area contributed by atoms with E-state index in [9.17, 15) is 22.4 Å². The molecule has 1 saturated heterocycles. The van der Waals surface area contributed by atoms with Gasteiger partial charge in [0.05, 0.1) is 23.4 Å². The normalized spacial score (nSPS) is 18.5. The van der Waals surface area contributed by atoms with Gasteiger partial charge in [-0.15, -0.1) is 12.4 Å². The van der Waals surface area contributed by atoms with Crippen LogP contribution in [-0.2, 0) is 9.53 Å². The third-order valence-corrected chi connectivity index (χ3v) is 6.09. The first-order valence-corrected chi connectivity index (χ1v) is 11.1. The summed E-state index contributed by atoms with van der Waals surface area (Å²) >= 11 is 6.13. The Labute approximate surface area is 210 Å². The monoisotopic (exact) mass is 532 g/mol. The van der Waals surface area contributed by atoms with E-state index >= 15 is 0 Å². The van der Waals surface area contributed by atoms with Crippen molar-refractivity contribution in [3.8, 4) is 0 Å². The maximum Gasteiger partial charge on any atom is 0.338 e. The molecule has 2 N–H and O–H groups in total. The molecule has 0 aliphatic carbocycles. The van der Waals surface area contributed by atoms with E-state index in [1.807, 2.05) is 0 Å². The minimum Gasteiger partial charge on any atom is -0.463 e. The molecule has 1 aromatic heterocycles. The number of esters is 1. The number of nitrogens with one attached hydrogen (secondary N) is 2. The molecule has 6 nitrogen and oxygen atoms in total. The van der Waals surface area contributed by atoms with Gasteiger partial charge in [0.15, 0.2) is 23.3 Å². The summed E-state index contributed by atoms with van der Waals surface area (Å²) < 4.78 is 61.5. The molecule has 0 amide bonds. The molecular formula is C23H22Cl2F4N4O2. The largest absolute Gasteiger partial charge is 0.463 e. The average Bonchev–Trinajstić information content (AvgIpc) is 2.82. The number of carbonyl (C=O) groups is 1. The van der Waals surface area contributed by atoms with Crippen molar-refractivity contribution in [1.29, 1.82) is 0 Å². The lowest BCUT2D eigenvalue weighted by molar-refractivity contribution is -0.139. The number of rotatable bonds is 5. The van der Waals surface area contributed by atoms with Gasteiger partial charge in [-0.1, -0.05) is 17.7 Å². The summed E-state index contributed by atoms with van der Waals surface area (Å²) in [5.41, 5.74) is 0.172. The molecule has 1 aromatic carbocycles. The Balaban J connectivity index is 0.00000342. The molecule has 0 bridgehead atoms. The predicted octanol–water partition coefficient (Wildman–Crippen LogP) is 4.62. The van der Waals surface area contributed by atoms with Crippen LogP contribution in [0.5, 0.6) is 0 Å². The van der Waals surface area contributed by atoms with Crippen LogP contribution in [0.1, 0.15) is 37.1 Å². The number of ether oxygens (including phenoxy) is 1. The summed E-state index contributed by atoms with van der Waals surface area (Å²) in [5.74, 6) is -5.31. The van der Waals surface area contributed by atoms with Crippen molar-refractivity contribution in [1.82, 2.24) is 15.6 Å². The standard InChI is InChI=1S/C23H21ClF4N4O2.ClH/c1-2-34-23(33)16-19(11-5-7-29-8-6-11)31-22(21-15(27)9-12(25)10-30-21)32-20(16)13-3-4-14(26)18(28)17(13)24;/h3-4,9-11,20,29H,2,5-8H2,1H3,(H,31,32);1H. The van der Waals surface area contributed by atoms with Crippen LogP contribution in [0.15, 0.2) is 40.7 Å². The molecule has 1 atom stereocenters. The van der Waals surface area contributed by atoms with Crippen molar-refractivity contribution in [2.45, 2.75) is 25.8 Å². The van der Waals surface area contributed by atoms with Gasteiger partial charge >= 0.3 is 5.97 Å². The van der Waals surface area contributed by atoms with Crippen molar-refractivity contribution < 1.29 is 27.1 Å². The molecule has 2 aliphatic rings. The smallest absolute Gasteiger partial charge is 0.338 e. The van der Waals surface area contributed by atoms with Gasteiger partial charge in [0.25, 0.3) is 0 Å². The Morgan fingerprint density at radius 2 is 1.89 bits per heavy atom. The number of hydrogen-bond donors (Lipinski definition) is 2. The highest BCUT2D eigenvalue weighted by atomic mass is 35.5. The first-order chi connectivity index (χ1) is 16.3. The number of carbonyl (C=O) groups excluding carboxylic acids is 1. The zero-order chi connectivity index (χ0) is 24.4. The van der Waals surface area contributed by atoms with E-state index in [1.54, 1.807) is 6.92 Å². The molecule has 0 radical (unpaired) electrons. The van der Waals surface area contributed by atoms with Crippen molar-refractivity contribution in [2.75, 3.05) is 19.7 Å². The molecule has 0 spiro atoms. The van der Waals surface area contributed by atoms with Crippen LogP contribution in [0.4, 0.5) is 17.6 Å². The number of piperidine rings is 1. The topological polar surface area (TPSA) is 75.6 Å². The van der Waals surface area contributed by atoms with Gasteiger partial charge in [0, 0.05) is 23.2 Å². The van der Waals surface area contributed by atoms with Gasteiger partial charge < -0.3 is 15.4 Å². The van der Waals surface area contributed by atoms with Gasteiger partial charge in [0.2, 0.25) is 0 Å². The first-order valence-electron chi connectivity index (χ1n) is 10.7. The second-order valence-electron chi connectivity index (χ2n) is 7.83. The van der Waals surface area contributed by atoms with Crippen molar-refractivity contribution in [3.63, 3.8) is 0 Å². The lowest BCUT2D eigenvalue weighted by Gasteiger charge is -2.33. The van der Waals surface area contributed by atoms with Crippen LogP contribution in [-0.4, -0.2) is 36.5 Å². The van der Waals surface area contributed by atoms with E-state index in [1.165, 1.54) is 6.07 Å². The van der Waals surface area contributed by atoms with Gasteiger partial charge in [-0.05, 0) is 38.9 Å². The SMILES string of the molecule is CCOC(=O)C1=C(C2CCNCC2)NC(c2ncc(F)cc2F)=NC1c1ccc(F)c(F)c1Cl.Cl. The highest BCUT2D eigenvalue weighted by Crippen LogP contribution is 2.40. The number of nitrogens with zero attached hydrogens (tertiary/aromatic N) is 2. The molecule has 12 heteroatoms. The summed E-state index contributed by atoms with van der Waals surface area (Å²) in [6.45, 7) is 3.02. The first kappa shape index (κ1) is 26.9. The second kappa shape index (κ2) is 11.4. The van der Waals surface area contributed by atoms with E-state index in [2.05, 4.69) is 20.6 Å². The Kier molecular flexibility index (Phi) is 8.74. The lowest BCUT2D eigenvalue weighted by Crippen LogP contribution is -2.40. The number of halogens is 6.